The second kappa shape index (κ2) is 2.82. The summed E-state index contributed by atoms with van der Waals surface area (Å²) >= 11 is 0. The van der Waals surface area contributed by atoms with Crippen LogP contribution in [0.5, 0.6) is 0 Å². The molecule has 1 fully saturated rings. The molecule has 2 atom stereocenters. The van der Waals surface area contributed by atoms with Crippen molar-refractivity contribution >= 4 is 5.97 Å². The van der Waals surface area contributed by atoms with Crippen molar-refractivity contribution in [2.45, 2.75) is 24.8 Å². The first kappa shape index (κ1) is 9.21. The maximum absolute atomic E-state index is 10.8. The van der Waals surface area contributed by atoms with Gasteiger partial charge in [0, 0.05) is 5.92 Å². The van der Waals surface area contributed by atoms with Crippen molar-refractivity contribution in [2.24, 2.45) is 5.73 Å². The highest BCUT2D eigenvalue weighted by molar-refractivity contribution is 5.84. The van der Waals surface area contributed by atoms with Crippen molar-refractivity contribution in [3.05, 3.63) is 35.4 Å². The van der Waals surface area contributed by atoms with E-state index in [0.29, 0.717) is 6.42 Å². The Balaban J connectivity index is 2.25. The molecule has 0 bridgehead atoms. The van der Waals surface area contributed by atoms with E-state index in [1.165, 1.54) is 0 Å². The Morgan fingerprint density at radius 1 is 1.64 bits per heavy atom. The van der Waals surface area contributed by atoms with E-state index in [9.17, 15) is 4.79 Å². The fourth-order valence-corrected chi connectivity index (χ4v) is 1.82. The molecule has 2 rings (SSSR count). The standard InChI is InChI=1S/C11H13NO2/c1-7-3-2-4-8(5-7)9-6-11(9,12)10(13)14/h2-5,9H,6,12H2,1H3,(H,13,14)/t9-,11+/m1/s1. The first-order chi connectivity index (χ1) is 6.54. The van der Waals surface area contributed by atoms with Crippen molar-refractivity contribution < 1.29 is 9.90 Å². The molecule has 0 aliphatic heterocycles. The van der Waals surface area contributed by atoms with Crippen molar-refractivity contribution in [2.75, 3.05) is 0 Å². The molecule has 0 spiro atoms. The van der Waals surface area contributed by atoms with Gasteiger partial charge in [-0.25, -0.2) is 0 Å². The minimum atomic E-state index is -1.02. The van der Waals surface area contributed by atoms with Crippen LogP contribution in [-0.4, -0.2) is 16.6 Å². The molecule has 1 aliphatic carbocycles. The SMILES string of the molecule is Cc1cccc([C@H]2C[C@@]2(N)C(=O)O)c1. The molecular formula is C11H13NO2. The van der Waals surface area contributed by atoms with Gasteiger partial charge in [-0.2, -0.15) is 0 Å². The van der Waals surface area contributed by atoms with Crippen LogP contribution >= 0.6 is 0 Å². The third-order valence-corrected chi connectivity index (χ3v) is 2.85. The summed E-state index contributed by atoms with van der Waals surface area (Å²) in [6.45, 7) is 1.99. The van der Waals surface area contributed by atoms with Crippen molar-refractivity contribution in [3.8, 4) is 0 Å². The number of nitrogens with two attached hydrogens (primary N) is 1. The largest absolute Gasteiger partial charge is 0.480 e. The lowest BCUT2D eigenvalue weighted by molar-refractivity contribution is -0.139. The smallest absolute Gasteiger partial charge is 0.324 e. The third kappa shape index (κ3) is 1.30. The number of carboxylic acid groups (broad SMARTS) is 1. The van der Waals surface area contributed by atoms with Gasteiger partial charge in [0.25, 0.3) is 0 Å². The number of aryl methyl sites for hydroxylation is 1. The molecule has 0 radical (unpaired) electrons. The summed E-state index contributed by atoms with van der Waals surface area (Å²) in [5, 5.41) is 8.89. The summed E-state index contributed by atoms with van der Waals surface area (Å²) in [6, 6.07) is 7.87. The topological polar surface area (TPSA) is 63.3 Å². The summed E-state index contributed by atoms with van der Waals surface area (Å²) in [5.41, 5.74) is 6.87. The Hall–Kier alpha value is -1.35. The molecule has 0 saturated heterocycles. The van der Waals surface area contributed by atoms with Gasteiger partial charge in [-0.15, -0.1) is 0 Å². The van der Waals surface area contributed by atoms with E-state index in [2.05, 4.69) is 0 Å². The quantitative estimate of drug-likeness (QED) is 0.739. The molecular weight excluding hydrogens is 178 g/mol. The lowest BCUT2D eigenvalue weighted by atomic mass is 10.0. The van der Waals surface area contributed by atoms with Crippen LogP contribution in [0.1, 0.15) is 23.5 Å². The Labute approximate surface area is 82.5 Å². The number of aliphatic carboxylic acids is 1. The summed E-state index contributed by atoms with van der Waals surface area (Å²) < 4.78 is 0. The normalized spacial score (nSPS) is 30.0. The minimum Gasteiger partial charge on any atom is -0.480 e. The highest BCUT2D eigenvalue weighted by Gasteiger charge is 2.58. The van der Waals surface area contributed by atoms with Gasteiger partial charge in [-0.3, -0.25) is 4.79 Å². The molecule has 74 valence electrons. The predicted molar refractivity (Wildman–Crippen MR) is 53.1 cm³/mol. The van der Waals surface area contributed by atoms with Crippen LogP contribution < -0.4 is 5.73 Å². The number of hydrogen-bond acceptors (Lipinski definition) is 2. The number of carbonyl (C=O) groups is 1. The highest BCUT2D eigenvalue weighted by Crippen LogP contribution is 2.49. The molecule has 0 aromatic heterocycles. The third-order valence-electron chi connectivity index (χ3n) is 2.85. The molecule has 3 N–H and O–H groups in total. The Bertz CT molecular complexity index is 389. The second-order valence-corrected chi connectivity index (χ2v) is 4.02. The van der Waals surface area contributed by atoms with E-state index >= 15 is 0 Å². The maximum atomic E-state index is 10.8. The highest BCUT2D eigenvalue weighted by atomic mass is 16.4. The van der Waals surface area contributed by atoms with Crippen LogP contribution in [0.3, 0.4) is 0 Å². The van der Waals surface area contributed by atoms with Gasteiger partial charge >= 0.3 is 5.97 Å². The van der Waals surface area contributed by atoms with Crippen molar-refractivity contribution in [1.29, 1.82) is 0 Å². The average Bonchev–Trinajstić information content (AvgIpc) is 2.80. The lowest BCUT2D eigenvalue weighted by Gasteiger charge is -2.05. The first-order valence-electron chi connectivity index (χ1n) is 4.63. The summed E-state index contributed by atoms with van der Waals surface area (Å²) in [4.78, 5) is 10.8. The van der Waals surface area contributed by atoms with Gasteiger partial charge in [0.15, 0.2) is 0 Å². The summed E-state index contributed by atoms with van der Waals surface area (Å²) in [7, 11) is 0. The number of benzene rings is 1. The molecule has 1 saturated carbocycles. The van der Waals surface area contributed by atoms with E-state index in [4.69, 9.17) is 10.8 Å². The molecule has 0 amide bonds. The van der Waals surface area contributed by atoms with Gasteiger partial charge in [0.2, 0.25) is 0 Å². The number of rotatable bonds is 2. The van der Waals surface area contributed by atoms with Crippen molar-refractivity contribution in [3.63, 3.8) is 0 Å². The van der Waals surface area contributed by atoms with Gasteiger partial charge < -0.3 is 10.8 Å². The molecule has 0 heterocycles. The van der Waals surface area contributed by atoms with Crippen molar-refractivity contribution in [1.82, 2.24) is 0 Å². The zero-order chi connectivity index (χ0) is 10.3. The molecule has 3 nitrogen and oxygen atoms in total. The van der Waals surface area contributed by atoms with Gasteiger partial charge in [-0.05, 0) is 18.9 Å². The first-order valence-corrected chi connectivity index (χ1v) is 4.63. The van der Waals surface area contributed by atoms with E-state index in [0.717, 1.165) is 11.1 Å². The Morgan fingerprint density at radius 2 is 2.36 bits per heavy atom. The molecule has 1 aliphatic rings. The van der Waals surface area contributed by atoms with E-state index in [1.54, 1.807) is 0 Å². The summed E-state index contributed by atoms with van der Waals surface area (Å²) in [5.74, 6) is -0.913. The fraction of sp³-hybridized carbons (Fsp3) is 0.364. The van der Waals surface area contributed by atoms with Crippen LogP contribution in [-0.2, 0) is 4.79 Å². The average molecular weight is 191 g/mol. The monoisotopic (exact) mass is 191 g/mol. The predicted octanol–water partition coefficient (Wildman–Crippen LogP) is 1.26. The molecule has 14 heavy (non-hydrogen) atoms. The number of carboxylic acids is 1. The minimum absolute atomic E-state index is 0.0140. The summed E-state index contributed by atoms with van der Waals surface area (Å²) in [6.07, 6.45) is 0.547. The van der Waals surface area contributed by atoms with Crippen LogP contribution in [0.25, 0.3) is 0 Å². The van der Waals surface area contributed by atoms with Crippen LogP contribution in [0.2, 0.25) is 0 Å². The molecule has 0 unspecified atom stereocenters. The molecule has 1 aromatic rings. The zero-order valence-corrected chi connectivity index (χ0v) is 8.03. The maximum Gasteiger partial charge on any atom is 0.324 e. The Kier molecular flexibility index (Phi) is 1.86. The Morgan fingerprint density at radius 3 is 2.86 bits per heavy atom. The van der Waals surface area contributed by atoms with E-state index < -0.39 is 11.5 Å². The van der Waals surface area contributed by atoms with Gasteiger partial charge in [0.05, 0.1) is 0 Å². The van der Waals surface area contributed by atoms with Gasteiger partial charge in [0.1, 0.15) is 5.54 Å². The number of hydrogen-bond donors (Lipinski definition) is 2. The van der Waals surface area contributed by atoms with Gasteiger partial charge in [-0.1, -0.05) is 29.8 Å². The zero-order valence-electron chi connectivity index (χ0n) is 8.03. The lowest BCUT2D eigenvalue weighted by Crippen LogP contribution is -2.34. The van der Waals surface area contributed by atoms with Crippen LogP contribution in [0.15, 0.2) is 24.3 Å². The fourth-order valence-electron chi connectivity index (χ4n) is 1.82. The van der Waals surface area contributed by atoms with Crippen LogP contribution in [0.4, 0.5) is 0 Å². The second-order valence-electron chi connectivity index (χ2n) is 4.02. The van der Waals surface area contributed by atoms with Crippen LogP contribution in [0, 0.1) is 6.92 Å². The van der Waals surface area contributed by atoms with E-state index in [1.807, 2.05) is 31.2 Å². The van der Waals surface area contributed by atoms with E-state index in [-0.39, 0.29) is 5.92 Å². The molecule has 1 aromatic carbocycles. The molecule has 3 heteroatoms.